The number of esters is 1. The molecule has 100 valence electrons. The number of hydrogen-bond donors (Lipinski definition) is 3. The van der Waals surface area contributed by atoms with Crippen molar-refractivity contribution in [1.82, 2.24) is 4.98 Å². The molecule has 18 heavy (non-hydrogen) atoms. The highest BCUT2D eigenvalue weighted by Gasteiger charge is 2.21. The van der Waals surface area contributed by atoms with Crippen molar-refractivity contribution in [2.24, 2.45) is 5.73 Å². The third kappa shape index (κ3) is 2.89. The van der Waals surface area contributed by atoms with Gasteiger partial charge in [-0.2, -0.15) is 0 Å². The van der Waals surface area contributed by atoms with Crippen molar-refractivity contribution in [3.05, 3.63) is 22.5 Å². The number of carboxylic acids is 1. The van der Waals surface area contributed by atoms with Crippen LogP contribution in [-0.2, 0) is 16.0 Å². The lowest BCUT2D eigenvalue weighted by atomic mass is 10.0. The Bertz CT molecular complexity index is 465. The van der Waals surface area contributed by atoms with E-state index in [1.807, 2.05) is 0 Å². The highest BCUT2D eigenvalue weighted by atomic mass is 16.5. The molecule has 0 amide bonds. The first-order valence-electron chi connectivity index (χ1n) is 5.72. The molecule has 0 spiro atoms. The lowest BCUT2D eigenvalue weighted by Crippen LogP contribution is -2.32. The third-order valence-corrected chi connectivity index (χ3v) is 2.81. The molecule has 0 bridgehead atoms. The van der Waals surface area contributed by atoms with Gasteiger partial charge in [-0.25, -0.2) is 4.79 Å². The van der Waals surface area contributed by atoms with Crippen LogP contribution in [0.1, 0.15) is 34.2 Å². The van der Waals surface area contributed by atoms with Crippen LogP contribution in [0, 0.1) is 13.8 Å². The summed E-state index contributed by atoms with van der Waals surface area (Å²) in [6, 6.07) is -0.978. The minimum absolute atomic E-state index is 0.183. The van der Waals surface area contributed by atoms with E-state index < -0.39 is 18.0 Å². The lowest BCUT2D eigenvalue weighted by Gasteiger charge is -2.07. The Balaban J connectivity index is 3.01. The Hall–Kier alpha value is -1.82. The molecule has 1 unspecified atom stereocenters. The van der Waals surface area contributed by atoms with Gasteiger partial charge >= 0.3 is 11.9 Å². The molecule has 0 aliphatic rings. The van der Waals surface area contributed by atoms with Gasteiger partial charge in [-0.15, -0.1) is 0 Å². The number of aromatic amines is 1. The van der Waals surface area contributed by atoms with Crippen LogP contribution in [-0.4, -0.2) is 34.7 Å². The standard InChI is InChI=1S/C12H18N2O4/c1-4-18-12(17)10-6(2)8(7(3)14-10)5-9(13)11(15)16/h9,14H,4-5,13H2,1-3H3,(H,15,16). The van der Waals surface area contributed by atoms with E-state index in [0.29, 0.717) is 17.9 Å². The first kappa shape index (κ1) is 14.2. The number of aromatic nitrogens is 1. The van der Waals surface area contributed by atoms with Crippen molar-refractivity contribution in [2.45, 2.75) is 33.2 Å². The van der Waals surface area contributed by atoms with E-state index in [4.69, 9.17) is 15.6 Å². The van der Waals surface area contributed by atoms with Crippen molar-refractivity contribution in [3.8, 4) is 0 Å². The van der Waals surface area contributed by atoms with E-state index in [1.54, 1.807) is 20.8 Å². The van der Waals surface area contributed by atoms with E-state index in [2.05, 4.69) is 4.98 Å². The molecule has 0 aromatic carbocycles. The highest BCUT2D eigenvalue weighted by Crippen LogP contribution is 2.20. The fraction of sp³-hybridized carbons (Fsp3) is 0.500. The average Bonchev–Trinajstić information content (AvgIpc) is 2.57. The second kappa shape index (κ2) is 5.68. The van der Waals surface area contributed by atoms with Crippen LogP contribution in [0.25, 0.3) is 0 Å². The van der Waals surface area contributed by atoms with Crippen molar-refractivity contribution in [1.29, 1.82) is 0 Å². The van der Waals surface area contributed by atoms with Crippen LogP contribution >= 0.6 is 0 Å². The molecule has 4 N–H and O–H groups in total. The van der Waals surface area contributed by atoms with Crippen LogP contribution < -0.4 is 5.73 Å². The quantitative estimate of drug-likeness (QED) is 0.673. The molecule has 1 atom stereocenters. The van der Waals surface area contributed by atoms with Crippen molar-refractivity contribution in [3.63, 3.8) is 0 Å². The molecule has 1 rings (SSSR count). The molecule has 0 aliphatic heterocycles. The summed E-state index contributed by atoms with van der Waals surface area (Å²) in [7, 11) is 0. The summed E-state index contributed by atoms with van der Waals surface area (Å²) in [6.07, 6.45) is 0.183. The molecule has 0 radical (unpaired) electrons. The van der Waals surface area contributed by atoms with Gasteiger partial charge in [-0.3, -0.25) is 4.79 Å². The highest BCUT2D eigenvalue weighted by molar-refractivity contribution is 5.90. The number of carbonyl (C=O) groups excluding carboxylic acids is 1. The first-order valence-corrected chi connectivity index (χ1v) is 5.72. The van der Waals surface area contributed by atoms with E-state index in [9.17, 15) is 9.59 Å². The van der Waals surface area contributed by atoms with Crippen molar-refractivity contribution < 1.29 is 19.4 Å². The summed E-state index contributed by atoms with van der Waals surface area (Å²) < 4.78 is 4.91. The molecular formula is C12H18N2O4. The molecule has 0 saturated carbocycles. The molecule has 1 aromatic rings. The molecular weight excluding hydrogens is 236 g/mol. The summed E-state index contributed by atoms with van der Waals surface area (Å²) in [6.45, 7) is 5.55. The van der Waals surface area contributed by atoms with E-state index in [-0.39, 0.29) is 6.42 Å². The van der Waals surface area contributed by atoms with Crippen LogP contribution in [0.2, 0.25) is 0 Å². The predicted octanol–water partition coefficient (Wildman–Crippen LogP) is 0.763. The summed E-state index contributed by atoms with van der Waals surface area (Å²) in [5.74, 6) is -1.50. The Morgan fingerprint density at radius 3 is 2.56 bits per heavy atom. The number of hydrogen-bond acceptors (Lipinski definition) is 4. The molecule has 0 aliphatic carbocycles. The Kier molecular flexibility index (Phi) is 4.49. The Labute approximate surface area is 105 Å². The lowest BCUT2D eigenvalue weighted by molar-refractivity contribution is -0.138. The maximum absolute atomic E-state index is 11.6. The molecule has 0 saturated heterocycles. The normalized spacial score (nSPS) is 12.2. The summed E-state index contributed by atoms with van der Waals surface area (Å²) in [4.78, 5) is 25.3. The SMILES string of the molecule is CCOC(=O)c1[nH]c(C)c(CC(N)C(=O)O)c1C. The second-order valence-electron chi connectivity index (χ2n) is 4.10. The van der Waals surface area contributed by atoms with Gasteiger partial charge in [-0.1, -0.05) is 0 Å². The summed E-state index contributed by atoms with van der Waals surface area (Å²) in [5.41, 5.74) is 8.06. The van der Waals surface area contributed by atoms with Crippen LogP contribution in [0.3, 0.4) is 0 Å². The monoisotopic (exact) mass is 254 g/mol. The molecule has 1 aromatic heterocycles. The summed E-state index contributed by atoms with van der Waals surface area (Å²) in [5, 5.41) is 8.80. The van der Waals surface area contributed by atoms with Gasteiger partial charge in [0, 0.05) is 12.1 Å². The minimum Gasteiger partial charge on any atom is -0.480 e. The zero-order chi connectivity index (χ0) is 13.9. The maximum atomic E-state index is 11.6. The molecule has 1 heterocycles. The zero-order valence-corrected chi connectivity index (χ0v) is 10.7. The topological polar surface area (TPSA) is 105 Å². The number of carboxylic acid groups (broad SMARTS) is 1. The second-order valence-corrected chi connectivity index (χ2v) is 4.10. The van der Waals surface area contributed by atoms with Gasteiger partial charge in [0.05, 0.1) is 6.61 Å². The fourth-order valence-electron chi connectivity index (χ4n) is 1.81. The largest absolute Gasteiger partial charge is 0.480 e. The van der Waals surface area contributed by atoms with E-state index >= 15 is 0 Å². The number of nitrogens with one attached hydrogen (secondary N) is 1. The molecule has 6 heteroatoms. The third-order valence-electron chi connectivity index (χ3n) is 2.81. The number of ether oxygens (including phenoxy) is 1. The van der Waals surface area contributed by atoms with Gasteiger partial charge in [0.1, 0.15) is 11.7 Å². The van der Waals surface area contributed by atoms with Gasteiger partial charge in [0.2, 0.25) is 0 Å². The van der Waals surface area contributed by atoms with Crippen molar-refractivity contribution in [2.75, 3.05) is 6.61 Å². The van der Waals surface area contributed by atoms with Gasteiger partial charge in [0.25, 0.3) is 0 Å². The average molecular weight is 254 g/mol. The number of carbonyl (C=O) groups is 2. The smallest absolute Gasteiger partial charge is 0.355 e. The number of H-pyrrole nitrogens is 1. The van der Waals surface area contributed by atoms with Crippen LogP contribution in [0.15, 0.2) is 0 Å². The van der Waals surface area contributed by atoms with Crippen molar-refractivity contribution >= 4 is 11.9 Å². The number of aliphatic carboxylic acids is 1. The minimum atomic E-state index is -1.06. The van der Waals surface area contributed by atoms with Crippen LogP contribution in [0.4, 0.5) is 0 Å². The number of nitrogens with two attached hydrogens (primary N) is 1. The predicted molar refractivity (Wildman–Crippen MR) is 65.5 cm³/mol. The zero-order valence-electron chi connectivity index (χ0n) is 10.7. The Morgan fingerprint density at radius 1 is 1.44 bits per heavy atom. The van der Waals surface area contributed by atoms with Crippen LogP contribution in [0.5, 0.6) is 0 Å². The van der Waals surface area contributed by atoms with Gasteiger partial charge in [0.15, 0.2) is 0 Å². The Morgan fingerprint density at radius 2 is 2.06 bits per heavy atom. The number of aryl methyl sites for hydroxylation is 1. The molecule has 6 nitrogen and oxygen atoms in total. The molecule has 0 fully saturated rings. The number of rotatable bonds is 5. The van der Waals surface area contributed by atoms with E-state index in [1.165, 1.54) is 0 Å². The fourth-order valence-corrected chi connectivity index (χ4v) is 1.81. The van der Waals surface area contributed by atoms with Gasteiger partial charge in [-0.05, 0) is 31.9 Å². The maximum Gasteiger partial charge on any atom is 0.355 e. The first-order chi connectivity index (χ1) is 8.38. The van der Waals surface area contributed by atoms with Gasteiger partial charge < -0.3 is 20.6 Å². The van der Waals surface area contributed by atoms with E-state index in [0.717, 1.165) is 11.3 Å². The summed E-state index contributed by atoms with van der Waals surface area (Å²) >= 11 is 0.